The van der Waals surface area contributed by atoms with Crippen LogP contribution < -0.4 is 21.3 Å². The van der Waals surface area contributed by atoms with Gasteiger partial charge in [0.05, 0.1) is 61.5 Å². The molecule has 0 amide bonds. The van der Waals surface area contributed by atoms with Gasteiger partial charge in [0.15, 0.2) is 0 Å². The number of fused-ring (bicyclic) bond motifs is 34. The highest BCUT2D eigenvalue weighted by Crippen LogP contribution is 2.55. The Labute approximate surface area is 827 Å². The van der Waals surface area contributed by atoms with E-state index in [1.165, 1.54) is 327 Å². The first-order chi connectivity index (χ1) is 66.0. The molecule has 0 spiro atoms. The maximum Gasteiger partial charge on any atom is 0.0716 e. The maximum atomic E-state index is 5.48. The van der Waals surface area contributed by atoms with Crippen molar-refractivity contribution in [1.29, 1.82) is 0 Å². The summed E-state index contributed by atoms with van der Waals surface area (Å²) in [4.78, 5) is 2.58. The van der Waals surface area contributed by atoms with Gasteiger partial charge in [0.1, 0.15) is 0 Å². The van der Waals surface area contributed by atoms with E-state index >= 15 is 0 Å². The fourth-order valence-corrected chi connectivity index (χ4v) is 35.0. The number of thioether (sulfide) groups is 1. The van der Waals surface area contributed by atoms with Crippen LogP contribution in [0, 0.1) is 142 Å². The monoisotopic (exact) mass is 1870 g/mol. The predicted octanol–water partition coefficient (Wildman–Crippen LogP) is 28.6. The molecule has 6 unspecified atom stereocenters. The number of hydrogen-bond acceptors (Lipinski definition) is 12. The van der Waals surface area contributed by atoms with E-state index in [0.717, 1.165) is 115 Å². The summed E-state index contributed by atoms with van der Waals surface area (Å²) in [6.45, 7) is 11.0. The molecule has 31 aliphatic carbocycles. The van der Waals surface area contributed by atoms with E-state index in [-0.39, 0.29) is 0 Å². The van der Waals surface area contributed by atoms with Crippen molar-refractivity contribution in [2.24, 2.45) is 142 Å². The molecule has 53 fully saturated rings. The number of rotatable bonds is 0. The first-order valence-corrected chi connectivity index (χ1v) is 63.2. The van der Waals surface area contributed by atoms with Gasteiger partial charge in [-0.1, -0.05) is 180 Å². The van der Waals surface area contributed by atoms with E-state index in [1.54, 1.807) is 263 Å². The molecule has 11 nitrogen and oxygen atoms in total. The summed E-state index contributed by atoms with van der Waals surface area (Å²) in [5.41, 5.74) is 0. The molecule has 134 heavy (non-hydrogen) atoms. The van der Waals surface area contributed by atoms with Crippen molar-refractivity contribution < 1.29 is 28.4 Å². The SMILES string of the molecule is C1C2CC1C2.C1C2CC1C2.C1C2CC1O2.C1CC2CC1C2.C1CC2CC1C2.C1CC2CC1CN2.C1CC2CC1O2.C1CC2CCC1C2.C1CC2CCC1C2.C1CC2CCC1C2.C1CC2CCC1CC2.C1CC2CCC1CC2.C1CC2CCC1CO2.C1CC2CCC1CS2.C1CC2CCC1N2.C1CC2CCC1O2.C1CN2CCC1CC2.C1NC2CC1C2.C1OC2CC1C2.C1OC2CNC1C2. The normalized spacial score (nSPS) is 49.1. The van der Waals surface area contributed by atoms with Crippen LogP contribution in [-0.4, -0.2) is 160 Å². The molecule has 40 bridgehead atoms. The van der Waals surface area contributed by atoms with E-state index in [4.69, 9.17) is 28.4 Å². The molecular weight excluding hydrogens is 1660 g/mol. The zero-order valence-corrected chi connectivity index (χ0v) is 87.3. The number of morpholine rings is 1. The minimum absolute atomic E-state index is 0.560. The van der Waals surface area contributed by atoms with Gasteiger partial charge in [0.25, 0.3) is 0 Å². The van der Waals surface area contributed by atoms with E-state index in [0.29, 0.717) is 61.0 Å². The van der Waals surface area contributed by atoms with Crippen molar-refractivity contribution in [1.82, 2.24) is 26.2 Å². The second kappa shape index (κ2) is 50.5. The molecule has 12 heteroatoms. The van der Waals surface area contributed by atoms with Gasteiger partial charge in [-0.15, -0.1) is 0 Å². The maximum absolute atomic E-state index is 5.48. The third-order valence-corrected chi connectivity index (χ3v) is 46.3. The lowest BCUT2D eigenvalue weighted by atomic mass is 9.56. The van der Waals surface area contributed by atoms with E-state index in [1.807, 2.05) is 0 Å². The van der Waals surface area contributed by atoms with Crippen LogP contribution in [0.1, 0.15) is 469 Å². The van der Waals surface area contributed by atoms with Crippen molar-refractivity contribution in [3.8, 4) is 0 Å². The lowest BCUT2D eigenvalue weighted by molar-refractivity contribution is -0.237. The Bertz CT molecular complexity index is 2430. The van der Waals surface area contributed by atoms with Crippen molar-refractivity contribution in [2.45, 2.75) is 559 Å². The number of ether oxygens (including phenoxy) is 6. The van der Waals surface area contributed by atoms with Gasteiger partial charge in [-0.2, -0.15) is 11.8 Å². The summed E-state index contributed by atoms with van der Waals surface area (Å²) in [5.74, 6) is 29.0. The van der Waals surface area contributed by atoms with Crippen LogP contribution in [0.15, 0.2) is 0 Å². The van der Waals surface area contributed by atoms with E-state index < -0.39 is 0 Å². The van der Waals surface area contributed by atoms with Crippen molar-refractivity contribution in [3.05, 3.63) is 0 Å². The van der Waals surface area contributed by atoms with Crippen LogP contribution in [0.3, 0.4) is 0 Å². The second-order valence-corrected chi connectivity index (χ2v) is 56.2. The zero-order valence-electron chi connectivity index (χ0n) is 86.5. The highest BCUT2D eigenvalue weighted by molar-refractivity contribution is 8.00. The molecule has 4 N–H and O–H groups in total. The largest absolute Gasteiger partial charge is 0.378 e. The molecule has 22 saturated heterocycles. The molecule has 22 aliphatic heterocycles. The summed E-state index contributed by atoms with van der Waals surface area (Å²) in [6.07, 6.45) is 116. The standard InChI is InChI=1S/2C8H14.C7H13N.C7H12O.C7H12S.3C7H12.2C6H11N.C6H10O.2C6H10.C5H9NO.C5H9N.2C5H8O.2C5H8.C4H6O/c2*1-2-8-5-3-7(1)4-6-8;1-4-8-5-2-7(1)3-6-8;2*1-3-7-4-2-6(1)5-8-7;3*1-2-7-4-3-6(1)5-7;1-2-6-3-5(1)4-7-6;2*1-2-6-4-3-5(1)7-6;2*1-2-6-3-5(1)4-6;1-4-3-7-5(1)2-6-4;2*1-4-2-5(1)6-3-4;1-2-5-3-4(1)6-5;2*1-4-2-5(1)3-4;1-3-2-4(1)5-3/h2*7-8H,1-6H2;7H,1-6H2;2*6-7H,1-5H2;3*6-7H,1-5H2;2*5-7H,1-4H2;5-6H,1-4H2;2*5-6H,1-4H2;4-6H,1-3H2;4-6H,1-3H2;2*4-5H,1-3H2;2*4-5H,1-3H2;3-4H,1-2H2. The van der Waals surface area contributed by atoms with Crippen molar-refractivity contribution in [3.63, 3.8) is 0 Å². The second-order valence-electron chi connectivity index (χ2n) is 54.9. The first-order valence-electron chi connectivity index (χ1n) is 62.1. The third kappa shape index (κ3) is 30.1. The Morgan fingerprint density at radius 3 is 0.552 bits per heavy atom. The lowest BCUT2D eigenvalue weighted by Gasteiger charge is -2.49. The van der Waals surface area contributed by atoms with Crippen LogP contribution in [0.25, 0.3) is 0 Å². The summed E-state index contributed by atoms with van der Waals surface area (Å²) < 4.78 is 31.7. The number of piperidine rings is 4. The lowest BCUT2D eigenvalue weighted by Crippen LogP contribution is -2.52. The minimum atomic E-state index is 0.560. The van der Waals surface area contributed by atoms with Gasteiger partial charge in [-0.05, 0) is 469 Å². The highest BCUT2D eigenvalue weighted by atomic mass is 32.2. The van der Waals surface area contributed by atoms with Gasteiger partial charge in [0.2, 0.25) is 0 Å². The van der Waals surface area contributed by atoms with E-state index in [2.05, 4.69) is 37.9 Å². The molecule has 0 aromatic rings. The smallest absolute Gasteiger partial charge is 0.0716 e. The molecule has 53 aliphatic rings. The molecule has 0 radical (unpaired) electrons. The Morgan fingerprint density at radius 1 is 0.164 bits per heavy atom. The summed E-state index contributed by atoms with van der Waals surface area (Å²) in [7, 11) is 0. The molecular formula is C122H209N5O6S. The van der Waals surface area contributed by atoms with Gasteiger partial charge in [-0.3, -0.25) is 0 Å². The fourth-order valence-electron chi connectivity index (χ4n) is 33.6. The molecule has 0 aromatic carbocycles. The topological polar surface area (TPSA) is 107 Å². The van der Waals surface area contributed by atoms with Crippen LogP contribution in [0.4, 0.5) is 0 Å². The molecule has 22 heterocycles. The number of nitrogens with zero attached hydrogens (tertiary/aromatic N) is 1. The third-order valence-electron chi connectivity index (χ3n) is 44.7. The van der Waals surface area contributed by atoms with Gasteiger partial charge >= 0.3 is 0 Å². The summed E-state index contributed by atoms with van der Waals surface area (Å²) in [6, 6.07) is 4.40. The number of nitrogens with one attached hydrogen (secondary N) is 4. The van der Waals surface area contributed by atoms with Crippen LogP contribution >= 0.6 is 11.8 Å². The number of hydrogen-bond donors (Lipinski definition) is 4. The van der Waals surface area contributed by atoms with Gasteiger partial charge in [-0.25, -0.2) is 0 Å². The zero-order chi connectivity index (χ0) is 89.6. The van der Waals surface area contributed by atoms with Gasteiger partial charge < -0.3 is 54.6 Å². The quantitative estimate of drug-likeness (QED) is 0.186. The Kier molecular flexibility index (Phi) is 37.7. The van der Waals surface area contributed by atoms with Crippen molar-refractivity contribution in [2.75, 3.05) is 64.8 Å². The van der Waals surface area contributed by atoms with Crippen LogP contribution in [0.5, 0.6) is 0 Å². The fraction of sp³-hybridized carbons (Fsp3) is 1.00. The highest BCUT2D eigenvalue weighted by Gasteiger charge is 2.46. The van der Waals surface area contributed by atoms with Gasteiger partial charge in [0, 0.05) is 55.2 Å². The Morgan fingerprint density at radius 2 is 0.455 bits per heavy atom. The Balaban J connectivity index is 0.0000000848. The first kappa shape index (κ1) is 99.9. The molecule has 764 valence electrons. The summed E-state index contributed by atoms with van der Waals surface area (Å²) in [5, 5.41) is 14.8. The summed E-state index contributed by atoms with van der Waals surface area (Å²) >= 11 is 2.21. The van der Waals surface area contributed by atoms with Crippen molar-refractivity contribution >= 4 is 11.8 Å². The van der Waals surface area contributed by atoms with Crippen LogP contribution in [-0.2, 0) is 28.4 Å². The van der Waals surface area contributed by atoms with Crippen LogP contribution in [0.2, 0.25) is 0 Å². The van der Waals surface area contributed by atoms with E-state index in [9.17, 15) is 0 Å². The molecule has 0 aromatic heterocycles. The predicted molar refractivity (Wildman–Crippen MR) is 555 cm³/mol. The Hall–Kier alpha value is -0.0900. The molecule has 31 saturated carbocycles. The molecule has 6 atom stereocenters. The average Bonchev–Trinajstić information content (AvgIpc) is 1.04. The molecule has 53 rings (SSSR count). The minimum Gasteiger partial charge on any atom is -0.378 e. The average molecular weight is 1870 g/mol.